The molecule has 0 bridgehead atoms. The normalized spacial score (nSPS) is 11.7. The highest BCUT2D eigenvalue weighted by Crippen LogP contribution is 2.38. The summed E-state index contributed by atoms with van der Waals surface area (Å²) in [6.07, 6.45) is 7.82. The SMILES string of the molecule is CCNc1nc(NC(C)(C)C)nc(SC)n1.C[S+](C)C.Nc1c([N+](=O)[O-])ccc(Oc2ccccc2)c1Cl.O=C(O)CNCP(=O)([O-])O. The number of hydrogen-bond acceptors (Lipinski definition) is 14. The van der Waals surface area contributed by atoms with Gasteiger partial charge >= 0.3 is 5.97 Å². The Bertz CT molecular complexity index is 1480. The van der Waals surface area contributed by atoms with Gasteiger partial charge in [-0.05, 0) is 63.0 Å². The lowest BCUT2D eigenvalue weighted by atomic mass is 10.1. The maximum absolute atomic E-state index is 10.7. The second kappa shape index (κ2) is 22.3. The van der Waals surface area contributed by atoms with E-state index < -0.39 is 31.3 Å². The molecule has 1 heterocycles. The van der Waals surface area contributed by atoms with Crippen LogP contribution in [0.25, 0.3) is 0 Å². The quantitative estimate of drug-likeness (QED) is 0.0394. The fourth-order valence-electron chi connectivity index (χ4n) is 2.80. The van der Waals surface area contributed by atoms with E-state index in [0.717, 1.165) is 11.7 Å². The number of nitrogens with zero attached hydrogens (tertiary/aromatic N) is 4. The summed E-state index contributed by atoms with van der Waals surface area (Å²) >= 11 is 7.44. The van der Waals surface area contributed by atoms with Gasteiger partial charge in [-0.1, -0.05) is 41.6 Å². The van der Waals surface area contributed by atoms with Crippen molar-refractivity contribution in [3.63, 3.8) is 0 Å². The van der Waals surface area contributed by atoms with Gasteiger partial charge in [0.2, 0.25) is 11.9 Å². The molecule has 0 aliphatic heterocycles. The standard InChI is InChI=1S/C12H9ClN2O3.C10H19N5S.C3H8NO5P.C3H9S/c13-11-10(18-8-4-2-1-3-5-8)7-6-9(12(11)14)15(16)17;1-6-11-7-12-8(15-10(2,3)4)14-9(13-7)16-5;5-3(6)1-4-2-10(7,8)9;1-4(2)3/h1-7H,14H2;6H2,1-5H3,(H2,11,12,13,14,15);4H,1-2H2,(H,5,6)(H2,7,8,9);1-3H3/q;;;+1/p-1. The van der Waals surface area contributed by atoms with E-state index in [0.29, 0.717) is 28.5 Å². The molecule has 0 aliphatic rings. The van der Waals surface area contributed by atoms with Gasteiger partial charge in [0.25, 0.3) is 5.69 Å². The molecule has 0 aliphatic carbocycles. The summed E-state index contributed by atoms with van der Waals surface area (Å²) in [6, 6.07) is 11.6. The Kier molecular flexibility index (Phi) is 20.7. The number of nitrogens with two attached hydrogens (primary N) is 1. The topological polar surface area (TPSA) is 251 Å². The lowest BCUT2D eigenvalue weighted by molar-refractivity contribution is -0.383. The summed E-state index contributed by atoms with van der Waals surface area (Å²) in [5, 5.41) is 27.7. The Morgan fingerprint density at radius 1 is 1.12 bits per heavy atom. The Hall–Kier alpha value is -3.38. The highest BCUT2D eigenvalue weighted by molar-refractivity contribution is 7.98. The Morgan fingerprint density at radius 3 is 2.15 bits per heavy atom. The van der Waals surface area contributed by atoms with Gasteiger partial charge in [0.05, 0.1) is 36.5 Å². The lowest BCUT2D eigenvalue weighted by Crippen LogP contribution is -2.27. The summed E-state index contributed by atoms with van der Waals surface area (Å²) in [4.78, 5) is 50.7. The molecule has 16 nitrogen and oxygen atoms in total. The van der Waals surface area contributed by atoms with Crippen LogP contribution >= 0.6 is 31.0 Å². The molecule has 0 fully saturated rings. The number of anilines is 3. The molecular formula is C28H44ClN8O8PS2. The van der Waals surface area contributed by atoms with Crippen LogP contribution in [0.4, 0.5) is 23.3 Å². The molecule has 20 heteroatoms. The zero-order chi connectivity index (χ0) is 37.1. The summed E-state index contributed by atoms with van der Waals surface area (Å²) in [6.45, 7) is 8.55. The molecule has 0 spiro atoms. The Balaban J connectivity index is 0.000000676. The number of hydrogen-bond donors (Lipinski definition) is 6. The predicted octanol–water partition coefficient (Wildman–Crippen LogP) is 4.52. The van der Waals surface area contributed by atoms with E-state index in [4.69, 9.17) is 32.1 Å². The molecule has 2 aromatic carbocycles. The number of thioether (sulfide) groups is 1. The van der Waals surface area contributed by atoms with Crippen molar-refractivity contribution >= 4 is 71.1 Å². The van der Waals surface area contributed by atoms with Crippen LogP contribution in [0.15, 0.2) is 47.6 Å². The highest BCUT2D eigenvalue weighted by atomic mass is 35.5. The third-order valence-corrected chi connectivity index (χ3v) is 6.06. The molecule has 7 N–H and O–H groups in total. The van der Waals surface area contributed by atoms with E-state index in [9.17, 15) is 24.4 Å². The van der Waals surface area contributed by atoms with E-state index in [1.165, 1.54) is 23.9 Å². The predicted molar refractivity (Wildman–Crippen MR) is 194 cm³/mol. The molecular weight excluding hydrogens is 707 g/mol. The summed E-state index contributed by atoms with van der Waals surface area (Å²) in [5.74, 6) is 0.920. The number of nitrogen functional groups attached to an aromatic ring is 1. The first kappa shape index (κ1) is 44.6. The summed E-state index contributed by atoms with van der Waals surface area (Å²) < 4.78 is 15.4. The largest absolute Gasteiger partial charge is 0.778 e. The number of carboxylic acid groups (broad SMARTS) is 1. The van der Waals surface area contributed by atoms with E-state index in [2.05, 4.69) is 65.1 Å². The number of nitrogens with one attached hydrogen (secondary N) is 3. The number of nitro groups is 1. The van der Waals surface area contributed by atoms with Gasteiger partial charge in [-0.2, -0.15) is 15.0 Å². The zero-order valence-electron chi connectivity index (χ0n) is 28.0. The molecule has 0 saturated heterocycles. The molecule has 48 heavy (non-hydrogen) atoms. The first-order valence-corrected chi connectivity index (χ1v) is 19.7. The van der Waals surface area contributed by atoms with Gasteiger partial charge in [0, 0.05) is 18.2 Å². The van der Waals surface area contributed by atoms with Gasteiger partial charge in [0.1, 0.15) is 29.8 Å². The molecule has 0 radical (unpaired) electrons. The first-order chi connectivity index (χ1) is 22.2. The number of aliphatic carboxylic acids is 1. The molecule has 0 saturated carbocycles. The second-order valence-corrected chi connectivity index (χ2v) is 15.9. The molecule has 1 unspecified atom stereocenters. The molecule has 3 rings (SSSR count). The highest BCUT2D eigenvalue weighted by Gasteiger charge is 2.18. The van der Waals surface area contributed by atoms with Gasteiger partial charge in [0.15, 0.2) is 5.16 Å². The number of rotatable bonds is 11. The number of halogens is 1. The van der Waals surface area contributed by atoms with E-state index in [1.807, 2.05) is 24.6 Å². The average molecular weight is 751 g/mol. The lowest BCUT2D eigenvalue weighted by Gasteiger charge is -2.20. The van der Waals surface area contributed by atoms with E-state index >= 15 is 0 Å². The van der Waals surface area contributed by atoms with Crippen molar-refractivity contribution in [3.05, 3.63) is 57.6 Å². The maximum Gasteiger partial charge on any atom is 0.317 e. The van der Waals surface area contributed by atoms with Crippen molar-refractivity contribution in [2.75, 3.05) is 60.8 Å². The molecule has 3 aromatic rings. The van der Waals surface area contributed by atoms with Gasteiger partial charge < -0.3 is 40.6 Å². The molecule has 0 amide bonds. The number of ether oxygens (including phenoxy) is 1. The minimum atomic E-state index is -4.35. The minimum absolute atomic E-state index is 0.0352. The number of nitro benzene ring substituents is 1. The van der Waals surface area contributed by atoms with Gasteiger partial charge in [-0.25, -0.2) is 0 Å². The van der Waals surface area contributed by atoms with Crippen LogP contribution in [0.1, 0.15) is 27.7 Å². The third kappa shape index (κ3) is 21.5. The van der Waals surface area contributed by atoms with Gasteiger partial charge in [-0.3, -0.25) is 20.2 Å². The van der Waals surface area contributed by atoms with Crippen LogP contribution in [0.3, 0.4) is 0 Å². The zero-order valence-corrected chi connectivity index (χ0v) is 31.3. The van der Waals surface area contributed by atoms with Crippen LogP contribution < -0.4 is 31.3 Å². The van der Waals surface area contributed by atoms with Crippen LogP contribution in [-0.2, 0) is 20.3 Å². The van der Waals surface area contributed by atoms with Crippen molar-refractivity contribution in [1.29, 1.82) is 0 Å². The number of para-hydroxylation sites is 1. The number of aromatic nitrogens is 3. The van der Waals surface area contributed by atoms with Crippen LogP contribution in [0, 0.1) is 10.1 Å². The van der Waals surface area contributed by atoms with Crippen molar-refractivity contribution in [1.82, 2.24) is 20.3 Å². The maximum atomic E-state index is 10.7. The monoisotopic (exact) mass is 750 g/mol. The Morgan fingerprint density at radius 2 is 1.69 bits per heavy atom. The molecule has 1 atom stereocenters. The van der Waals surface area contributed by atoms with E-state index in [-0.39, 0.29) is 27.7 Å². The number of carboxylic acids is 1. The first-order valence-electron chi connectivity index (χ1n) is 13.9. The average Bonchev–Trinajstić information content (AvgIpc) is 2.94. The fraction of sp³-hybridized carbons (Fsp3) is 0.429. The number of benzene rings is 2. The molecule has 1 aromatic heterocycles. The molecule has 268 valence electrons. The van der Waals surface area contributed by atoms with E-state index in [1.54, 1.807) is 24.3 Å². The summed E-state index contributed by atoms with van der Waals surface area (Å²) in [7, 11) is -3.71. The van der Waals surface area contributed by atoms with Crippen LogP contribution in [-0.4, -0.2) is 85.8 Å². The van der Waals surface area contributed by atoms with Crippen LogP contribution in [0.5, 0.6) is 11.5 Å². The fourth-order valence-corrected chi connectivity index (χ4v) is 3.74. The second-order valence-electron chi connectivity index (χ2n) is 10.7. The van der Waals surface area contributed by atoms with Gasteiger partial charge in [-0.15, -0.1) is 0 Å². The Labute approximate surface area is 292 Å². The van der Waals surface area contributed by atoms with Crippen molar-refractivity contribution < 1.29 is 33.9 Å². The van der Waals surface area contributed by atoms with Crippen LogP contribution in [0.2, 0.25) is 5.02 Å². The van der Waals surface area contributed by atoms with Crippen molar-refractivity contribution in [2.24, 2.45) is 0 Å². The summed E-state index contributed by atoms with van der Waals surface area (Å²) in [5.41, 5.74) is 5.19. The third-order valence-electron chi connectivity index (χ3n) is 4.50. The number of carbonyl (C=O) groups is 1. The smallest absolute Gasteiger partial charge is 0.317 e. The van der Waals surface area contributed by atoms with Crippen molar-refractivity contribution in [3.8, 4) is 11.5 Å². The minimum Gasteiger partial charge on any atom is -0.778 e. The van der Waals surface area contributed by atoms with Crippen molar-refractivity contribution in [2.45, 2.75) is 38.4 Å².